The van der Waals surface area contributed by atoms with E-state index in [2.05, 4.69) is 157 Å². The van der Waals surface area contributed by atoms with Gasteiger partial charge >= 0.3 is 0 Å². The van der Waals surface area contributed by atoms with Crippen molar-refractivity contribution in [3.8, 4) is 56.0 Å². The molecule has 0 atom stereocenters. The zero-order valence-electron chi connectivity index (χ0n) is 31.2. The number of fused-ring (bicyclic) bond motifs is 11. The lowest BCUT2D eigenvalue weighted by molar-refractivity contribution is 0.488. The van der Waals surface area contributed by atoms with E-state index in [9.17, 15) is 0 Å². The first-order chi connectivity index (χ1) is 28.7. The Labute approximate surface area is 334 Å². The lowest BCUT2D eigenvalue weighted by Crippen LogP contribution is -2.10. The molecule has 0 fully saturated rings. The summed E-state index contributed by atoms with van der Waals surface area (Å²) in [6.45, 7) is 0. The molecule has 0 spiro atoms. The molecule has 11 aromatic rings. The molecule has 2 aromatic heterocycles. The summed E-state index contributed by atoms with van der Waals surface area (Å²) < 4.78 is 19.4. The number of rotatable bonds is 5. The van der Waals surface area contributed by atoms with Gasteiger partial charge in [0.1, 0.15) is 33.8 Å². The molecule has 0 radical (unpaired) electrons. The van der Waals surface area contributed by atoms with Crippen molar-refractivity contribution in [1.29, 1.82) is 0 Å². The van der Waals surface area contributed by atoms with Crippen molar-refractivity contribution < 1.29 is 13.6 Å². The summed E-state index contributed by atoms with van der Waals surface area (Å²) in [6.07, 6.45) is 0. The Morgan fingerprint density at radius 3 is 1.28 bits per heavy atom. The van der Waals surface area contributed by atoms with E-state index in [0.717, 1.165) is 117 Å². The third-order valence-electron chi connectivity index (χ3n) is 11.5. The van der Waals surface area contributed by atoms with Gasteiger partial charge in [-0.2, -0.15) is 0 Å². The van der Waals surface area contributed by atoms with Crippen LogP contribution in [0.15, 0.2) is 209 Å². The Bertz CT molecular complexity index is 3210. The topological polar surface area (TPSA) is 38.8 Å². The van der Waals surface area contributed by atoms with E-state index in [1.807, 2.05) is 48.5 Å². The molecule has 4 heteroatoms. The standard InChI is InChI=1S/C54H33NO3/c1-5-19-49-42(11-1)41-32-31-38(33-48(41)45-14-4-6-20-50(45)56-49)55(36-27-23-34(24-28-36)39-15-9-17-46-43-12-2-7-21-51(43)57-53(39)46)37-29-25-35(26-30-37)40-16-10-18-47-44-13-3-8-22-52(44)58-54(40)47/h1-33H. The minimum Gasteiger partial charge on any atom is -0.456 e. The second-order valence-electron chi connectivity index (χ2n) is 14.8. The van der Waals surface area contributed by atoms with Crippen molar-refractivity contribution in [3.63, 3.8) is 0 Å². The minimum atomic E-state index is 0.839. The number of para-hydroxylation sites is 6. The first-order valence-electron chi connectivity index (χ1n) is 19.6. The summed E-state index contributed by atoms with van der Waals surface area (Å²) >= 11 is 0. The molecule has 1 aliphatic heterocycles. The zero-order chi connectivity index (χ0) is 38.2. The number of ether oxygens (including phenoxy) is 1. The highest BCUT2D eigenvalue weighted by molar-refractivity contribution is 6.10. The lowest BCUT2D eigenvalue weighted by atomic mass is 9.93. The molecule has 3 heterocycles. The van der Waals surface area contributed by atoms with Gasteiger partial charge in [0.05, 0.1) is 0 Å². The summed E-state index contributed by atoms with van der Waals surface area (Å²) in [5.41, 5.74) is 15.4. The fourth-order valence-corrected chi connectivity index (χ4v) is 8.78. The van der Waals surface area contributed by atoms with Crippen LogP contribution in [-0.4, -0.2) is 0 Å². The summed E-state index contributed by atoms with van der Waals surface area (Å²) in [5, 5.41) is 4.49. The zero-order valence-corrected chi connectivity index (χ0v) is 31.2. The molecular formula is C54H33NO3. The summed E-state index contributed by atoms with van der Waals surface area (Å²) in [5.74, 6) is 1.69. The molecule has 0 aliphatic carbocycles. The Morgan fingerprint density at radius 1 is 0.293 bits per heavy atom. The molecule has 0 bridgehead atoms. The highest BCUT2D eigenvalue weighted by Crippen LogP contribution is 2.49. The Kier molecular flexibility index (Phi) is 7.20. The number of nitrogens with zero attached hydrogens (tertiary/aromatic N) is 1. The van der Waals surface area contributed by atoms with Crippen LogP contribution in [0.1, 0.15) is 0 Å². The van der Waals surface area contributed by atoms with Crippen molar-refractivity contribution in [2.75, 3.05) is 4.90 Å². The SMILES string of the molecule is c1ccc2c(c1)Oc1ccccc1-c1cc(N(c3ccc(-c4cccc5c4oc4ccccc45)cc3)c3ccc(-c4cccc5c4oc4ccccc45)cc3)ccc1-2. The summed E-state index contributed by atoms with van der Waals surface area (Å²) in [6, 6.07) is 70.2. The number of hydrogen-bond donors (Lipinski definition) is 0. The van der Waals surface area contributed by atoms with E-state index >= 15 is 0 Å². The van der Waals surface area contributed by atoms with Crippen LogP contribution in [-0.2, 0) is 0 Å². The van der Waals surface area contributed by atoms with Crippen molar-refractivity contribution in [2.45, 2.75) is 0 Å². The first-order valence-corrected chi connectivity index (χ1v) is 19.6. The smallest absolute Gasteiger partial charge is 0.143 e. The van der Waals surface area contributed by atoms with E-state index in [1.165, 1.54) is 0 Å². The molecule has 0 N–H and O–H groups in total. The van der Waals surface area contributed by atoms with Gasteiger partial charge in [-0.1, -0.05) is 140 Å². The Hall–Kier alpha value is -7.82. The van der Waals surface area contributed by atoms with Gasteiger partial charge in [0.25, 0.3) is 0 Å². The summed E-state index contributed by atoms with van der Waals surface area (Å²) in [4.78, 5) is 2.33. The van der Waals surface area contributed by atoms with Crippen molar-refractivity contribution in [1.82, 2.24) is 0 Å². The van der Waals surface area contributed by atoms with Crippen molar-refractivity contribution in [3.05, 3.63) is 200 Å². The van der Waals surface area contributed by atoms with E-state index in [-0.39, 0.29) is 0 Å². The molecule has 0 saturated carbocycles. The van der Waals surface area contributed by atoms with Gasteiger partial charge < -0.3 is 18.5 Å². The average Bonchev–Trinajstić information content (AvgIpc) is 3.82. The van der Waals surface area contributed by atoms with E-state index in [1.54, 1.807) is 0 Å². The van der Waals surface area contributed by atoms with Gasteiger partial charge in [-0.05, 0) is 82.9 Å². The number of hydrogen-bond acceptors (Lipinski definition) is 4. The molecule has 0 saturated heterocycles. The van der Waals surface area contributed by atoms with Crippen molar-refractivity contribution in [2.24, 2.45) is 0 Å². The van der Waals surface area contributed by atoms with Gasteiger partial charge in [0, 0.05) is 60.9 Å². The van der Waals surface area contributed by atoms with Crippen LogP contribution in [0, 0.1) is 0 Å². The van der Waals surface area contributed by atoms with Gasteiger partial charge in [-0.15, -0.1) is 0 Å². The molecule has 58 heavy (non-hydrogen) atoms. The quantitative estimate of drug-likeness (QED) is 0.176. The third kappa shape index (κ3) is 5.09. The number of anilines is 3. The molecular weight excluding hydrogens is 711 g/mol. The minimum absolute atomic E-state index is 0.839. The second kappa shape index (κ2) is 12.9. The third-order valence-corrected chi connectivity index (χ3v) is 11.5. The average molecular weight is 744 g/mol. The normalized spacial score (nSPS) is 11.9. The predicted octanol–water partition coefficient (Wildman–Crippen LogP) is 15.7. The van der Waals surface area contributed by atoms with Crippen LogP contribution in [0.2, 0.25) is 0 Å². The van der Waals surface area contributed by atoms with Crippen LogP contribution in [0.25, 0.3) is 88.4 Å². The first kappa shape index (κ1) is 32.4. The molecule has 4 nitrogen and oxygen atoms in total. The van der Waals surface area contributed by atoms with Gasteiger partial charge in [0.2, 0.25) is 0 Å². The maximum absolute atomic E-state index is 6.54. The number of benzene rings is 9. The fourth-order valence-electron chi connectivity index (χ4n) is 8.78. The maximum atomic E-state index is 6.54. The lowest BCUT2D eigenvalue weighted by Gasteiger charge is -2.27. The van der Waals surface area contributed by atoms with Gasteiger partial charge in [-0.25, -0.2) is 0 Å². The number of furan rings is 2. The molecule has 12 rings (SSSR count). The molecule has 0 unspecified atom stereocenters. The maximum Gasteiger partial charge on any atom is 0.143 e. The van der Waals surface area contributed by atoms with Crippen LogP contribution in [0.3, 0.4) is 0 Å². The fraction of sp³-hybridized carbons (Fsp3) is 0. The highest BCUT2D eigenvalue weighted by atomic mass is 16.5. The largest absolute Gasteiger partial charge is 0.456 e. The highest BCUT2D eigenvalue weighted by Gasteiger charge is 2.23. The Morgan fingerprint density at radius 2 is 0.724 bits per heavy atom. The molecule has 9 aromatic carbocycles. The van der Waals surface area contributed by atoms with Crippen molar-refractivity contribution >= 4 is 60.9 Å². The van der Waals surface area contributed by atoms with Crippen LogP contribution in [0.4, 0.5) is 17.1 Å². The second-order valence-corrected chi connectivity index (χ2v) is 14.8. The van der Waals surface area contributed by atoms with Gasteiger partial charge in [-0.3, -0.25) is 0 Å². The molecule has 1 aliphatic rings. The summed E-state index contributed by atoms with van der Waals surface area (Å²) in [7, 11) is 0. The van der Waals surface area contributed by atoms with E-state index < -0.39 is 0 Å². The molecule has 272 valence electrons. The van der Waals surface area contributed by atoms with Crippen LogP contribution in [0.5, 0.6) is 11.5 Å². The predicted molar refractivity (Wildman–Crippen MR) is 237 cm³/mol. The van der Waals surface area contributed by atoms with Crippen LogP contribution < -0.4 is 9.64 Å². The van der Waals surface area contributed by atoms with E-state index in [4.69, 9.17) is 13.6 Å². The molecule has 0 amide bonds. The monoisotopic (exact) mass is 743 g/mol. The van der Waals surface area contributed by atoms with Crippen LogP contribution >= 0.6 is 0 Å². The Balaban J connectivity index is 1.01. The van der Waals surface area contributed by atoms with E-state index in [0.29, 0.717) is 0 Å². The van der Waals surface area contributed by atoms with Gasteiger partial charge in [0.15, 0.2) is 0 Å².